The summed E-state index contributed by atoms with van der Waals surface area (Å²) in [6.45, 7) is 0.767. The van der Waals surface area contributed by atoms with Gasteiger partial charge in [0.2, 0.25) is 5.95 Å². The Labute approximate surface area is 166 Å². The Balaban J connectivity index is 1.52. The van der Waals surface area contributed by atoms with Crippen LogP contribution in [0.1, 0.15) is 25.7 Å². The third-order valence-corrected chi connectivity index (χ3v) is 5.35. The summed E-state index contributed by atoms with van der Waals surface area (Å²) in [6.07, 6.45) is 3.26. The molecule has 0 unspecified atom stereocenters. The van der Waals surface area contributed by atoms with Crippen molar-refractivity contribution in [2.45, 2.75) is 31.7 Å². The van der Waals surface area contributed by atoms with Crippen molar-refractivity contribution in [3.8, 4) is 11.3 Å². The van der Waals surface area contributed by atoms with Crippen molar-refractivity contribution in [1.29, 1.82) is 0 Å². The van der Waals surface area contributed by atoms with E-state index in [1.54, 1.807) is 24.3 Å². The van der Waals surface area contributed by atoms with E-state index in [2.05, 4.69) is 15.3 Å². The number of nitrogens with zero attached hydrogens (tertiary/aromatic N) is 3. The fourth-order valence-electron chi connectivity index (χ4n) is 3.76. The number of hydrogen-bond donors (Lipinski definition) is 2. The number of carbonyl (C=O) groups excluding carboxylic acids is 1. The lowest BCUT2D eigenvalue weighted by atomic mass is 9.86. The number of aliphatic carboxylic acids is 1. The Morgan fingerprint density at radius 2 is 2.07 bits per heavy atom. The van der Waals surface area contributed by atoms with Gasteiger partial charge < -0.3 is 15.2 Å². The lowest BCUT2D eigenvalue weighted by Crippen LogP contribution is -2.29. The molecule has 1 aliphatic heterocycles. The van der Waals surface area contributed by atoms with Crippen LogP contribution in [0.5, 0.6) is 0 Å². The number of benzene rings is 1. The van der Waals surface area contributed by atoms with Gasteiger partial charge in [-0.15, -0.1) is 0 Å². The minimum absolute atomic E-state index is 0.0506. The van der Waals surface area contributed by atoms with Gasteiger partial charge in [0, 0.05) is 17.3 Å². The number of carbonyl (C=O) groups is 2. The summed E-state index contributed by atoms with van der Waals surface area (Å²) in [5.41, 5.74) is 1.28. The van der Waals surface area contributed by atoms with Crippen LogP contribution in [0.2, 0.25) is 0 Å². The molecule has 4 rings (SSSR count). The maximum atomic E-state index is 14.4. The highest BCUT2D eigenvalue weighted by Crippen LogP contribution is 2.29. The van der Waals surface area contributed by atoms with E-state index in [1.165, 1.54) is 4.90 Å². The molecule has 1 amide bonds. The average molecular weight is 400 g/mol. The molecule has 1 aromatic heterocycles. The number of halogens is 1. The summed E-state index contributed by atoms with van der Waals surface area (Å²) in [5.74, 6) is -1.33. The number of ether oxygens (including phenoxy) is 1. The van der Waals surface area contributed by atoms with E-state index in [-0.39, 0.29) is 17.7 Å². The zero-order valence-electron chi connectivity index (χ0n) is 15.7. The van der Waals surface area contributed by atoms with Gasteiger partial charge in [0.05, 0.1) is 18.7 Å². The molecular formula is C20H21FN4O4. The van der Waals surface area contributed by atoms with Crippen LogP contribution in [-0.2, 0) is 9.53 Å². The second-order valence-electron chi connectivity index (χ2n) is 7.24. The molecule has 0 atom stereocenters. The first-order valence-electron chi connectivity index (χ1n) is 9.58. The average Bonchev–Trinajstić information content (AvgIpc) is 3.16. The molecular weight excluding hydrogens is 379 g/mol. The highest BCUT2D eigenvalue weighted by Gasteiger charge is 2.27. The van der Waals surface area contributed by atoms with Gasteiger partial charge in [0.1, 0.15) is 12.3 Å². The maximum Gasteiger partial charge on any atom is 0.414 e. The summed E-state index contributed by atoms with van der Waals surface area (Å²) in [4.78, 5) is 32.7. The van der Waals surface area contributed by atoms with Crippen molar-refractivity contribution in [3.63, 3.8) is 0 Å². The molecule has 1 aliphatic carbocycles. The number of anilines is 2. The number of amides is 1. The van der Waals surface area contributed by atoms with E-state index < -0.39 is 17.9 Å². The van der Waals surface area contributed by atoms with Crippen LogP contribution >= 0.6 is 0 Å². The van der Waals surface area contributed by atoms with E-state index in [9.17, 15) is 14.0 Å². The van der Waals surface area contributed by atoms with Gasteiger partial charge in [-0.25, -0.2) is 19.2 Å². The van der Waals surface area contributed by atoms with Gasteiger partial charge in [-0.1, -0.05) is 12.1 Å². The fourth-order valence-corrected chi connectivity index (χ4v) is 3.76. The van der Waals surface area contributed by atoms with Crippen LogP contribution in [0.3, 0.4) is 0 Å². The molecule has 8 nitrogen and oxygen atoms in total. The Bertz CT molecular complexity index is 930. The minimum Gasteiger partial charge on any atom is -0.481 e. The van der Waals surface area contributed by atoms with Crippen molar-refractivity contribution in [2.24, 2.45) is 5.92 Å². The van der Waals surface area contributed by atoms with Crippen LogP contribution in [-0.4, -0.2) is 46.3 Å². The SMILES string of the molecule is O=C(O)C1CCC(Nc2ncc(F)c(-c3cccc(N4CCOC4=O)c3)n2)CC1. The van der Waals surface area contributed by atoms with Gasteiger partial charge in [-0.3, -0.25) is 9.69 Å². The highest BCUT2D eigenvalue weighted by atomic mass is 19.1. The van der Waals surface area contributed by atoms with E-state index in [0.29, 0.717) is 56.0 Å². The molecule has 2 aliphatic rings. The van der Waals surface area contributed by atoms with Crippen molar-refractivity contribution < 1.29 is 23.8 Å². The van der Waals surface area contributed by atoms with Crippen molar-refractivity contribution in [2.75, 3.05) is 23.4 Å². The smallest absolute Gasteiger partial charge is 0.414 e. The van der Waals surface area contributed by atoms with Gasteiger partial charge in [0.25, 0.3) is 0 Å². The standard InChI is InChI=1S/C20H21FN4O4/c21-16-11-22-19(23-14-6-4-12(5-7-14)18(26)27)24-17(16)13-2-1-3-15(10-13)25-8-9-29-20(25)28/h1-3,10-12,14H,4-9H2,(H,26,27)(H,22,23,24). The summed E-state index contributed by atoms with van der Waals surface area (Å²) in [7, 11) is 0. The number of carboxylic acid groups (broad SMARTS) is 1. The molecule has 2 fully saturated rings. The van der Waals surface area contributed by atoms with Gasteiger partial charge >= 0.3 is 12.1 Å². The maximum absolute atomic E-state index is 14.4. The first kappa shape index (κ1) is 19.1. The van der Waals surface area contributed by atoms with E-state index in [0.717, 1.165) is 6.20 Å². The highest BCUT2D eigenvalue weighted by molar-refractivity contribution is 5.90. The van der Waals surface area contributed by atoms with Crippen LogP contribution in [0.15, 0.2) is 30.5 Å². The number of hydrogen-bond acceptors (Lipinski definition) is 6. The summed E-state index contributed by atoms with van der Waals surface area (Å²) in [6, 6.07) is 6.96. The van der Waals surface area contributed by atoms with Gasteiger partial charge in [-0.05, 0) is 37.8 Å². The molecule has 1 saturated heterocycles. The number of carboxylic acids is 1. The fraction of sp³-hybridized carbons (Fsp3) is 0.400. The van der Waals surface area contributed by atoms with Crippen LogP contribution in [0, 0.1) is 11.7 Å². The molecule has 29 heavy (non-hydrogen) atoms. The van der Waals surface area contributed by atoms with Crippen LogP contribution in [0.25, 0.3) is 11.3 Å². The Hall–Kier alpha value is -3.23. The monoisotopic (exact) mass is 400 g/mol. The molecule has 1 aromatic carbocycles. The van der Waals surface area contributed by atoms with Crippen molar-refractivity contribution >= 4 is 23.7 Å². The number of rotatable bonds is 5. The third-order valence-electron chi connectivity index (χ3n) is 5.35. The second kappa shape index (κ2) is 8.02. The quantitative estimate of drug-likeness (QED) is 0.793. The Morgan fingerprint density at radius 1 is 1.28 bits per heavy atom. The summed E-state index contributed by atoms with van der Waals surface area (Å²) >= 11 is 0. The van der Waals surface area contributed by atoms with Crippen molar-refractivity contribution in [3.05, 3.63) is 36.3 Å². The summed E-state index contributed by atoms with van der Waals surface area (Å²) < 4.78 is 19.4. The molecule has 2 heterocycles. The number of nitrogens with one attached hydrogen (secondary N) is 1. The molecule has 9 heteroatoms. The van der Waals surface area contributed by atoms with E-state index in [1.807, 2.05) is 0 Å². The lowest BCUT2D eigenvalue weighted by Gasteiger charge is -2.26. The molecule has 0 spiro atoms. The van der Waals surface area contributed by atoms with Crippen molar-refractivity contribution in [1.82, 2.24) is 9.97 Å². The third kappa shape index (κ3) is 4.13. The van der Waals surface area contributed by atoms with Gasteiger partial charge in [-0.2, -0.15) is 0 Å². The van der Waals surface area contributed by atoms with Crippen LogP contribution in [0.4, 0.5) is 20.8 Å². The first-order valence-corrected chi connectivity index (χ1v) is 9.58. The van der Waals surface area contributed by atoms with Gasteiger partial charge in [0.15, 0.2) is 5.82 Å². The van der Waals surface area contributed by atoms with E-state index in [4.69, 9.17) is 9.84 Å². The first-order chi connectivity index (χ1) is 14.0. The normalized spacial score (nSPS) is 21.7. The predicted molar refractivity (Wildman–Crippen MR) is 103 cm³/mol. The molecule has 2 N–H and O–H groups in total. The van der Waals surface area contributed by atoms with E-state index >= 15 is 0 Å². The Kier molecular flexibility index (Phi) is 5.28. The molecule has 2 aromatic rings. The number of cyclic esters (lactones) is 1. The largest absolute Gasteiger partial charge is 0.481 e. The zero-order chi connectivity index (χ0) is 20.4. The lowest BCUT2D eigenvalue weighted by molar-refractivity contribution is -0.142. The minimum atomic E-state index is -0.759. The topological polar surface area (TPSA) is 105 Å². The molecule has 152 valence electrons. The Morgan fingerprint density at radius 3 is 2.76 bits per heavy atom. The molecule has 1 saturated carbocycles. The summed E-state index contributed by atoms with van der Waals surface area (Å²) in [5, 5.41) is 12.3. The second-order valence-corrected chi connectivity index (χ2v) is 7.24. The molecule has 0 bridgehead atoms. The predicted octanol–water partition coefficient (Wildman–Crippen LogP) is 3.29. The molecule has 0 radical (unpaired) electrons. The zero-order valence-corrected chi connectivity index (χ0v) is 15.7. The van der Waals surface area contributed by atoms with Crippen LogP contribution < -0.4 is 10.2 Å². The number of aromatic nitrogens is 2.